The standard InChI is InChI=1S/C20H16Cl2F3NO2/c21-17-4-16(5-18(22)6-17)19(20(23,24)25)7-15(10-28-19)12-1-2-13-8-26-11-27-9-14(13)3-12/h1-6,10,26H,7-9,11H2. The molecule has 0 bridgehead atoms. The molecule has 148 valence electrons. The summed E-state index contributed by atoms with van der Waals surface area (Å²) in [5.41, 5.74) is 0.480. The summed E-state index contributed by atoms with van der Waals surface area (Å²) in [6, 6.07) is 9.44. The van der Waals surface area contributed by atoms with Crippen LogP contribution in [0.15, 0.2) is 42.7 Å². The van der Waals surface area contributed by atoms with E-state index in [1.54, 1.807) is 6.07 Å². The molecule has 0 fully saturated rings. The summed E-state index contributed by atoms with van der Waals surface area (Å²) in [6.07, 6.45) is -3.84. The van der Waals surface area contributed by atoms with Crippen LogP contribution in [0.4, 0.5) is 13.2 Å². The lowest BCUT2D eigenvalue weighted by molar-refractivity contribution is -0.260. The summed E-state index contributed by atoms with van der Waals surface area (Å²) in [5, 5.41) is 3.37. The molecular formula is C20H16Cl2F3NO2. The molecule has 3 nitrogen and oxygen atoms in total. The zero-order chi connectivity index (χ0) is 19.9. The minimum absolute atomic E-state index is 0.119. The fourth-order valence-corrected chi connectivity index (χ4v) is 4.06. The summed E-state index contributed by atoms with van der Waals surface area (Å²) >= 11 is 11.9. The lowest BCUT2D eigenvalue weighted by atomic mass is 9.85. The minimum Gasteiger partial charge on any atom is -0.480 e. The van der Waals surface area contributed by atoms with Crippen LogP contribution in [0.25, 0.3) is 5.57 Å². The molecule has 0 aromatic heterocycles. The van der Waals surface area contributed by atoms with E-state index in [1.165, 1.54) is 24.5 Å². The average molecular weight is 430 g/mol. The van der Waals surface area contributed by atoms with Gasteiger partial charge in [0.15, 0.2) is 0 Å². The predicted octanol–water partition coefficient (Wildman–Crippen LogP) is 5.79. The molecule has 2 aliphatic heterocycles. The van der Waals surface area contributed by atoms with Gasteiger partial charge in [0.2, 0.25) is 5.60 Å². The number of ether oxygens (including phenoxy) is 2. The van der Waals surface area contributed by atoms with Gasteiger partial charge in [0, 0.05) is 28.6 Å². The van der Waals surface area contributed by atoms with Crippen LogP contribution in [0.3, 0.4) is 0 Å². The Bertz CT molecular complexity index is 925. The maximum Gasteiger partial charge on any atom is 0.432 e. The van der Waals surface area contributed by atoms with Crippen LogP contribution in [-0.2, 0) is 28.2 Å². The number of rotatable bonds is 2. The molecule has 8 heteroatoms. The molecule has 0 spiro atoms. The fourth-order valence-electron chi connectivity index (χ4n) is 3.53. The largest absolute Gasteiger partial charge is 0.480 e. The molecule has 1 N–H and O–H groups in total. The molecule has 0 saturated heterocycles. The minimum atomic E-state index is -4.65. The van der Waals surface area contributed by atoms with Crippen molar-refractivity contribution in [3.63, 3.8) is 0 Å². The third kappa shape index (κ3) is 3.50. The molecule has 1 atom stereocenters. The molecule has 4 rings (SSSR count). The van der Waals surface area contributed by atoms with Crippen molar-refractivity contribution in [3.05, 3.63) is 75.0 Å². The normalized spacial score (nSPS) is 22.2. The van der Waals surface area contributed by atoms with E-state index in [9.17, 15) is 13.2 Å². The molecule has 1 unspecified atom stereocenters. The van der Waals surface area contributed by atoms with Crippen LogP contribution in [0.1, 0.15) is 28.7 Å². The summed E-state index contributed by atoms with van der Waals surface area (Å²) in [6.45, 7) is 1.49. The quantitative estimate of drug-likeness (QED) is 0.655. The van der Waals surface area contributed by atoms with E-state index in [2.05, 4.69) is 5.32 Å². The van der Waals surface area contributed by atoms with Gasteiger partial charge in [0.1, 0.15) is 0 Å². The molecular weight excluding hydrogens is 414 g/mol. The van der Waals surface area contributed by atoms with Crippen LogP contribution in [0.5, 0.6) is 0 Å². The van der Waals surface area contributed by atoms with Crippen molar-refractivity contribution in [1.29, 1.82) is 0 Å². The zero-order valence-corrected chi connectivity index (χ0v) is 16.1. The first-order chi connectivity index (χ1) is 13.3. The lowest BCUT2D eigenvalue weighted by Crippen LogP contribution is -2.42. The van der Waals surface area contributed by atoms with E-state index in [0.717, 1.165) is 11.1 Å². The predicted molar refractivity (Wildman–Crippen MR) is 101 cm³/mol. The third-order valence-corrected chi connectivity index (χ3v) is 5.42. The number of hydrogen-bond acceptors (Lipinski definition) is 3. The molecule has 2 heterocycles. The Morgan fingerprint density at radius 2 is 1.75 bits per heavy atom. The molecule has 28 heavy (non-hydrogen) atoms. The van der Waals surface area contributed by atoms with E-state index in [1.807, 2.05) is 12.1 Å². The monoisotopic (exact) mass is 429 g/mol. The SMILES string of the molecule is FC(F)(F)C1(c2cc(Cl)cc(Cl)c2)CC(c2ccc3c(c2)COCNC3)=CO1. The number of fused-ring (bicyclic) bond motifs is 1. The Kier molecular flexibility index (Phi) is 5.08. The van der Waals surface area contributed by atoms with Gasteiger partial charge < -0.3 is 9.47 Å². The highest BCUT2D eigenvalue weighted by Crippen LogP contribution is 2.52. The van der Waals surface area contributed by atoms with Crippen molar-refractivity contribution >= 4 is 28.8 Å². The van der Waals surface area contributed by atoms with Gasteiger partial charge in [-0.1, -0.05) is 35.3 Å². The molecule has 0 aliphatic carbocycles. The number of nitrogens with one attached hydrogen (secondary N) is 1. The highest BCUT2D eigenvalue weighted by Gasteiger charge is 2.60. The van der Waals surface area contributed by atoms with Crippen LogP contribution in [-0.4, -0.2) is 12.9 Å². The van der Waals surface area contributed by atoms with E-state index in [0.29, 0.717) is 31.0 Å². The second-order valence-corrected chi connectivity index (χ2v) is 7.70. The first kappa shape index (κ1) is 19.6. The topological polar surface area (TPSA) is 30.5 Å². The molecule has 0 amide bonds. The van der Waals surface area contributed by atoms with Crippen molar-refractivity contribution in [2.24, 2.45) is 0 Å². The summed E-state index contributed by atoms with van der Waals surface area (Å²) < 4.78 is 53.1. The highest BCUT2D eigenvalue weighted by atomic mass is 35.5. The van der Waals surface area contributed by atoms with Gasteiger partial charge in [-0.15, -0.1) is 0 Å². The second kappa shape index (κ2) is 7.26. The van der Waals surface area contributed by atoms with Crippen molar-refractivity contribution in [1.82, 2.24) is 5.32 Å². The van der Waals surface area contributed by atoms with Crippen LogP contribution in [0, 0.1) is 0 Å². The second-order valence-electron chi connectivity index (χ2n) is 6.82. The fraction of sp³-hybridized carbons (Fsp3) is 0.300. The van der Waals surface area contributed by atoms with Gasteiger partial charge >= 0.3 is 6.18 Å². The van der Waals surface area contributed by atoms with Gasteiger partial charge in [-0.3, -0.25) is 5.32 Å². The third-order valence-electron chi connectivity index (χ3n) is 4.98. The Hall–Kier alpha value is -1.73. The number of alkyl halides is 3. The maximum absolute atomic E-state index is 14.1. The van der Waals surface area contributed by atoms with Crippen LogP contribution < -0.4 is 5.32 Å². The number of hydrogen-bond donors (Lipinski definition) is 1. The summed E-state index contributed by atoms with van der Waals surface area (Å²) in [5.74, 6) is 0. The lowest BCUT2D eigenvalue weighted by Gasteiger charge is -2.32. The molecule has 2 aromatic carbocycles. The smallest absolute Gasteiger partial charge is 0.432 e. The van der Waals surface area contributed by atoms with Crippen LogP contribution >= 0.6 is 23.2 Å². The number of halogens is 5. The van der Waals surface area contributed by atoms with Gasteiger partial charge in [-0.05, 0) is 46.5 Å². The van der Waals surface area contributed by atoms with E-state index in [-0.39, 0.29) is 22.0 Å². The molecule has 0 saturated carbocycles. The Labute approximate surface area is 170 Å². The van der Waals surface area contributed by atoms with Crippen molar-refractivity contribution in [3.8, 4) is 0 Å². The summed E-state index contributed by atoms with van der Waals surface area (Å²) in [7, 11) is 0. The Balaban J connectivity index is 1.70. The van der Waals surface area contributed by atoms with Crippen LogP contribution in [0.2, 0.25) is 10.0 Å². The molecule has 2 aliphatic rings. The number of benzene rings is 2. The van der Waals surface area contributed by atoms with Crippen molar-refractivity contribution in [2.45, 2.75) is 31.3 Å². The Morgan fingerprint density at radius 3 is 2.46 bits per heavy atom. The van der Waals surface area contributed by atoms with Gasteiger partial charge in [-0.2, -0.15) is 13.2 Å². The highest BCUT2D eigenvalue weighted by molar-refractivity contribution is 6.34. The van der Waals surface area contributed by atoms with Gasteiger partial charge in [0.05, 0.1) is 19.6 Å². The molecule has 0 radical (unpaired) electrons. The average Bonchev–Trinajstić information content (AvgIpc) is 2.96. The van der Waals surface area contributed by atoms with Gasteiger partial charge in [0.25, 0.3) is 0 Å². The molecule has 2 aromatic rings. The maximum atomic E-state index is 14.1. The zero-order valence-electron chi connectivity index (χ0n) is 14.6. The van der Waals surface area contributed by atoms with Gasteiger partial charge in [-0.25, -0.2) is 0 Å². The van der Waals surface area contributed by atoms with Crippen molar-refractivity contribution < 1.29 is 22.6 Å². The van der Waals surface area contributed by atoms with Crippen molar-refractivity contribution in [2.75, 3.05) is 6.73 Å². The Morgan fingerprint density at radius 1 is 1.00 bits per heavy atom. The first-order valence-corrected chi connectivity index (χ1v) is 9.35. The van der Waals surface area contributed by atoms with E-state index < -0.39 is 11.8 Å². The van der Waals surface area contributed by atoms with E-state index >= 15 is 0 Å². The summed E-state index contributed by atoms with van der Waals surface area (Å²) in [4.78, 5) is 0. The van der Waals surface area contributed by atoms with E-state index in [4.69, 9.17) is 32.7 Å². The first-order valence-electron chi connectivity index (χ1n) is 8.59.